The number of sulfonamides is 1. The van der Waals surface area contributed by atoms with Crippen molar-refractivity contribution in [3.05, 3.63) is 48.3 Å². The largest absolute Gasteiger partial charge is 0.353 e. The van der Waals surface area contributed by atoms with Gasteiger partial charge < -0.3 is 10.2 Å². The minimum absolute atomic E-state index is 0.0793. The number of aromatic nitrogens is 4. The topological polar surface area (TPSA) is 122 Å². The van der Waals surface area contributed by atoms with Crippen LogP contribution in [-0.4, -0.2) is 59.8 Å². The number of fused-ring (bicyclic) bond motifs is 1. The molecule has 4 rings (SSSR count). The van der Waals surface area contributed by atoms with Crippen molar-refractivity contribution in [1.82, 2.24) is 29.9 Å². The summed E-state index contributed by atoms with van der Waals surface area (Å²) < 4.78 is 28.6. The van der Waals surface area contributed by atoms with E-state index in [1.54, 1.807) is 16.6 Å². The minimum atomic E-state index is -3.73. The highest BCUT2D eigenvalue weighted by atomic mass is 32.2. The van der Waals surface area contributed by atoms with E-state index in [1.165, 1.54) is 12.4 Å². The van der Waals surface area contributed by atoms with Gasteiger partial charge >= 0.3 is 0 Å². The van der Waals surface area contributed by atoms with E-state index in [0.717, 1.165) is 24.3 Å². The number of nitrogens with zero attached hydrogens (tertiary/aromatic N) is 5. The van der Waals surface area contributed by atoms with Gasteiger partial charge in [-0.1, -0.05) is 12.1 Å². The number of aryl methyl sites for hydroxylation is 1. The van der Waals surface area contributed by atoms with Crippen LogP contribution in [0.2, 0.25) is 0 Å². The molecular formula is C18H21N7O3S. The van der Waals surface area contributed by atoms with Crippen molar-refractivity contribution >= 4 is 27.4 Å². The first kappa shape index (κ1) is 19.3. The van der Waals surface area contributed by atoms with Gasteiger partial charge in [0, 0.05) is 19.1 Å². The molecule has 11 heteroatoms. The Balaban J connectivity index is 1.31. The summed E-state index contributed by atoms with van der Waals surface area (Å²) in [5.41, 5.74) is 1.50. The second-order valence-corrected chi connectivity index (χ2v) is 8.73. The molecule has 0 radical (unpaired) electrons. The van der Waals surface area contributed by atoms with Gasteiger partial charge in [-0.2, -0.15) is 4.52 Å². The molecule has 1 aromatic carbocycles. The van der Waals surface area contributed by atoms with Crippen LogP contribution in [0.25, 0.3) is 5.65 Å². The summed E-state index contributed by atoms with van der Waals surface area (Å²) >= 11 is 0. The lowest BCUT2D eigenvalue weighted by Gasteiger charge is -2.18. The summed E-state index contributed by atoms with van der Waals surface area (Å²) in [6.07, 6.45) is 2.28. The first-order valence-electron chi connectivity index (χ1n) is 9.18. The maximum atomic E-state index is 12.3. The van der Waals surface area contributed by atoms with Crippen molar-refractivity contribution in [1.29, 1.82) is 0 Å². The highest BCUT2D eigenvalue weighted by Gasteiger charge is 2.25. The molecule has 152 valence electrons. The third-order valence-corrected chi connectivity index (χ3v) is 6.15. The number of nitrogens with one attached hydrogen (secondary N) is 2. The number of hydrogen-bond donors (Lipinski definition) is 2. The SMILES string of the molecule is Cc1cccc(S(=O)(=O)NCC(=O)N[C@H]2CCN(c3ccc4nncn4n3)C2)c1. The Morgan fingerprint density at radius 2 is 2.14 bits per heavy atom. The first-order valence-corrected chi connectivity index (χ1v) is 10.7. The van der Waals surface area contributed by atoms with Crippen LogP contribution in [0.15, 0.2) is 47.6 Å². The average molecular weight is 415 g/mol. The van der Waals surface area contributed by atoms with Crippen molar-refractivity contribution in [2.45, 2.75) is 24.3 Å². The van der Waals surface area contributed by atoms with E-state index < -0.39 is 10.0 Å². The molecule has 3 aromatic rings. The minimum Gasteiger partial charge on any atom is -0.353 e. The van der Waals surface area contributed by atoms with Crippen LogP contribution in [0, 0.1) is 6.92 Å². The maximum Gasteiger partial charge on any atom is 0.241 e. The molecule has 0 saturated carbocycles. The summed E-state index contributed by atoms with van der Waals surface area (Å²) in [5, 5.41) is 15.1. The van der Waals surface area contributed by atoms with E-state index in [1.807, 2.05) is 25.1 Å². The lowest BCUT2D eigenvalue weighted by Crippen LogP contribution is -2.43. The van der Waals surface area contributed by atoms with Crippen molar-refractivity contribution < 1.29 is 13.2 Å². The third-order valence-electron chi connectivity index (χ3n) is 4.75. The van der Waals surface area contributed by atoms with E-state index in [9.17, 15) is 13.2 Å². The molecule has 1 saturated heterocycles. The molecule has 0 aliphatic carbocycles. The molecule has 1 atom stereocenters. The predicted octanol–water partition coefficient (Wildman–Crippen LogP) is 0.106. The van der Waals surface area contributed by atoms with Gasteiger partial charge in [-0.15, -0.1) is 15.3 Å². The molecule has 0 bridgehead atoms. The maximum absolute atomic E-state index is 12.3. The highest BCUT2D eigenvalue weighted by Crippen LogP contribution is 2.18. The fourth-order valence-corrected chi connectivity index (χ4v) is 4.36. The molecule has 0 unspecified atom stereocenters. The third kappa shape index (κ3) is 4.35. The van der Waals surface area contributed by atoms with E-state index in [2.05, 4.69) is 30.2 Å². The Bertz CT molecular complexity index is 1150. The average Bonchev–Trinajstić information content (AvgIpc) is 3.35. The molecule has 1 aliphatic rings. The number of carbonyl (C=O) groups is 1. The summed E-state index contributed by atoms with van der Waals surface area (Å²) in [7, 11) is -3.73. The van der Waals surface area contributed by atoms with Crippen LogP contribution in [0.3, 0.4) is 0 Å². The normalized spacial score (nSPS) is 17.0. The summed E-state index contributed by atoms with van der Waals surface area (Å²) in [5.74, 6) is 0.407. The number of carbonyl (C=O) groups excluding carboxylic acids is 1. The van der Waals surface area contributed by atoms with E-state index >= 15 is 0 Å². The number of benzene rings is 1. The lowest BCUT2D eigenvalue weighted by atomic mass is 10.2. The van der Waals surface area contributed by atoms with Gasteiger partial charge in [0.2, 0.25) is 15.9 Å². The number of amides is 1. The number of hydrogen-bond acceptors (Lipinski definition) is 7. The Morgan fingerprint density at radius 3 is 2.97 bits per heavy atom. The van der Waals surface area contributed by atoms with Crippen LogP contribution in [0.5, 0.6) is 0 Å². The second kappa shape index (κ2) is 7.76. The van der Waals surface area contributed by atoms with Crippen molar-refractivity contribution in [3.8, 4) is 0 Å². The van der Waals surface area contributed by atoms with E-state index in [0.29, 0.717) is 12.2 Å². The van der Waals surface area contributed by atoms with Gasteiger partial charge in [0.25, 0.3) is 0 Å². The summed E-state index contributed by atoms with van der Waals surface area (Å²) in [6.45, 7) is 2.84. The smallest absolute Gasteiger partial charge is 0.241 e. The molecule has 2 aromatic heterocycles. The van der Waals surface area contributed by atoms with Crippen molar-refractivity contribution in [3.63, 3.8) is 0 Å². The van der Waals surface area contributed by atoms with Gasteiger partial charge in [-0.05, 0) is 43.2 Å². The zero-order chi connectivity index (χ0) is 20.4. The Morgan fingerprint density at radius 1 is 1.28 bits per heavy atom. The summed E-state index contributed by atoms with van der Waals surface area (Å²) in [4.78, 5) is 14.4. The van der Waals surface area contributed by atoms with Gasteiger partial charge in [0.05, 0.1) is 11.4 Å². The Labute approximate surface area is 168 Å². The fourth-order valence-electron chi connectivity index (χ4n) is 3.28. The monoisotopic (exact) mass is 415 g/mol. The summed E-state index contributed by atoms with van der Waals surface area (Å²) in [6, 6.07) is 10.2. The quantitative estimate of drug-likeness (QED) is 0.586. The lowest BCUT2D eigenvalue weighted by molar-refractivity contribution is -0.120. The molecule has 29 heavy (non-hydrogen) atoms. The highest BCUT2D eigenvalue weighted by molar-refractivity contribution is 7.89. The van der Waals surface area contributed by atoms with E-state index in [-0.39, 0.29) is 23.4 Å². The van der Waals surface area contributed by atoms with Gasteiger partial charge in [-0.3, -0.25) is 4.79 Å². The zero-order valence-electron chi connectivity index (χ0n) is 15.8. The van der Waals surface area contributed by atoms with E-state index in [4.69, 9.17) is 0 Å². The number of anilines is 1. The van der Waals surface area contributed by atoms with Crippen LogP contribution in [0.4, 0.5) is 5.82 Å². The van der Waals surface area contributed by atoms with Crippen LogP contribution >= 0.6 is 0 Å². The molecule has 3 heterocycles. The van der Waals surface area contributed by atoms with Crippen LogP contribution in [0.1, 0.15) is 12.0 Å². The first-order chi connectivity index (χ1) is 13.9. The Kier molecular flexibility index (Phi) is 5.16. The van der Waals surface area contributed by atoms with Gasteiger partial charge in [0.15, 0.2) is 5.65 Å². The van der Waals surface area contributed by atoms with Crippen LogP contribution in [-0.2, 0) is 14.8 Å². The zero-order valence-corrected chi connectivity index (χ0v) is 16.6. The standard InChI is InChI=1S/C18H21N7O3S/c1-13-3-2-4-15(9-13)29(27,28)20-10-18(26)21-14-7-8-24(11-14)17-6-5-16-22-19-12-25(16)23-17/h2-6,9,12,14,20H,7-8,10-11H2,1H3,(H,21,26)/t14-/m0/s1. The second-order valence-electron chi connectivity index (χ2n) is 6.97. The molecule has 2 N–H and O–H groups in total. The molecule has 1 fully saturated rings. The molecule has 10 nitrogen and oxygen atoms in total. The fraction of sp³-hybridized carbons (Fsp3) is 0.333. The van der Waals surface area contributed by atoms with Gasteiger partial charge in [0.1, 0.15) is 12.1 Å². The molecule has 1 aliphatic heterocycles. The molecule has 0 spiro atoms. The van der Waals surface area contributed by atoms with Crippen molar-refractivity contribution in [2.24, 2.45) is 0 Å². The van der Waals surface area contributed by atoms with Crippen LogP contribution < -0.4 is 14.9 Å². The molecule has 1 amide bonds. The number of rotatable bonds is 6. The predicted molar refractivity (Wildman–Crippen MR) is 106 cm³/mol. The van der Waals surface area contributed by atoms with Crippen molar-refractivity contribution in [2.75, 3.05) is 24.5 Å². The molecular weight excluding hydrogens is 394 g/mol. The Hall–Kier alpha value is -3.05. The van der Waals surface area contributed by atoms with Gasteiger partial charge in [-0.25, -0.2) is 13.1 Å².